The highest BCUT2D eigenvalue weighted by Crippen LogP contribution is 2.21. The van der Waals surface area contributed by atoms with Gasteiger partial charge in [-0.05, 0) is 37.0 Å². The van der Waals surface area contributed by atoms with Crippen molar-refractivity contribution in [2.45, 2.75) is 39.8 Å². The zero-order valence-corrected chi connectivity index (χ0v) is 17.2. The van der Waals surface area contributed by atoms with Crippen LogP contribution in [0.15, 0.2) is 33.9 Å². The molecule has 0 aliphatic heterocycles. The monoisotopic (exact) mass is 405 g/mol. The number of hydrogen-bond acceptors (Lipinski definition) is 3. The molecular formula is C20H26ClN4O3+. The Kier molecular flexibility index (Phi) is 6.05. The maximum atomic E-state index is 13.2. The first-order valence-electron chi connectivity index (χ1n) is 9.47. The summed E-state index contributed by atoms with van der Waals surface area (Å²) in [7, 11) is 1.64. The van der Waals surface area contributed by atoms with Gasteiger partial charge in [0.15, 0.2) is 0 Å². The third-order valence-corrected chi connectivity index (χ3v) is 5.10. The molecule has 0 aliphatic carbocycles. The normalized spacial score (nSPS) is 11.6. The van der Waals surface area contributed by atoms with Gasteiger partial charge in [-0.25, -0.2) is 14.3 Å². The van der Waals surface area contributed by atoms with Crippen LogP contribution in [-0.2, 0) is 20.1 Å². The fourth-order valence-corrected chi connectivity index (χ4v) is 3.52. The molecule has 0 saturated carbocycles. The first-order chi connectivity index (χ1) is 13.3. The number of aromatic nitrogens is 4. The number of nitrogens with zero attached hydrogens (tertiary/aromatic N) is 3. The lowest BCUT2D eigenvalue weighted by atomic mass is 10.1. The molecule has 3 rings (SSSR count). The van der Waals surface area contributed by atoms with Crippen LogP contribution in [0.25, 0.3) is 22.6 Å². The molecule has 0 amide bonds. The van der Waals surface area contributed by atoms with E-state index in [-0.39, 0.29) is 18.7 Å². The molecule has 0 unspecified atom stereocenters. The number of nitrogens with one attached hydrogen (secondary N) is 1. The molecule has 0 spiro atoms. The maximum Gasteiger partial charge on any atom is 0.334 e. The van der Waals surface area contributed by atoms with Gasteiger partial charge in [0.2, 0.25) is 0 Å². The minimum absolute atomic E-state index is 0.0815. The van der Waals surface area contributed by atoms with Gasteiger partial charge >= 0.3 is 11.2 Å². The van der Waals surface area contributed by atoms with Crippen molar-refractivity contribution >= 4 is 22.8 Å². The smallest absolute Gasteiger partial charge is 0.334 e. The molecule has 8 heteroatoms. The summed E-state index contributed by atoms with van der Waals surface area (Å²) in [4.78, 5) is 29.1. The molecule has 2 heterocycles. The van der Waals surface area contributed by atoms with E-state index in [9.17, 15) is 9.59 Å². The summed E-state index contributed by atoms with van der Waals surface area (Å²) in [6.45, 7) is 4.99. The van der Waals surface area contributed by atoms with E-state index in [0.717, 1.165) is 17.8 Å². The Labute approximate surface area is 167 Å². The third kappa shape index (κ3) is 3.77. The lowest BCUT2D eigenvalue weighted by molar-refractivity contribution is -0.662. The zero-order chi connectivity index (χ0) is 20.4. The summed E-state index contributed by atoms with van der Waals surface area (Å²) in [5, 5.41) is 9.72. The summed E-state index contributed by atoms with van der Waals surface area (Å²) in [5.41, 5.74) is 1.03. The number of aliphatic hydroxyl groups excluding tert-OH is 1. The highest BCUT2D eigenvalue weighted by Gasteiger charge is 2.27. The van der Waals surface area contributed by atoms with Crippen LogP contribution >= 0.6 is 11.6 Å². The summed E-state index contributed by atoms with van der Waals surface area (Å²) in [6, 6.07) is 7.41. The van der Waals surface area contributed by atoms with Gasteiger partial charge in [0.25, 0.3) is 17.0 Å². The van der Waals surface area contributed by atoms with E-state index in [4.69, 9.17) is 16.7 Å². The Morgan fingerprint density at radius 2 is 2.04 bits per heavy atom. The van der Waals surface area contributed by atoms with E-state index in [1.54, 1.807) is 13.1 Å². The molecule has 0 radical (unpaired) electrons. The molecule has 0 bridgehead atoms. The molecule has 0 fully saturated rings. The maximum absolute atomic E-state index is 13.2. The van der Waals surface area contributed by atoms with Gasteiger partial charge in [0.05, 0.1) is 12.1 Å². The fourth-order valence-electron chi connectivity index (χ4n) is 3.33. The second-order valence-corrected chi connectivity index (χ2v) is 7.83. The van der Waals surface area contributed by atoms with Gasteiger partial charge in [0.1, 0.15) is 0 Å². The molecule has 1 aromatic carbocycles. The van der Waals surface area contributed by atoms with E-state index < -0.39 is 5.69 Å². The second kappa shape index (κ2) is 8.32. The number of hydrogen-bond donors (Lipinski definition) is 2. The van der Waals surface area contributed by atoms with Crippen LogP contribution < -0.4 is 15.8 Å². The van der Waals surface area contributed by atoms with Crippen LogP contribution in [-0.4, -0.2) is 25.8 Å². The van der Waals surface area contributed by atoms with Crippen LogP contribution in [0.1, 0.15) is 26.7 Å². The van der Waals surface area contributed by atoms with Crippen molar-refractivity contribution in [3.05, 3.63) is 50.1 Å². The van der Waals surface area contributed by atoms with Gasteiger partial charge in [-0.15, -0.1) is 0 Å². The van der Waals surface area contributed by atoms with Gasteiger partial charge in [-0.2, -0.15) is 0 Å². The third-order valence-electron chi connectivity index (χ3n) is 4.87. The molecule has 28 heavy (non-hydrogen) atoms. The SMILES string of the molecule is CC(C)CC[n+]1c(-c2cccc(Cl)c2)[nH]c2c1c(=O)n(CCCO)c(=O)n2C. The Balaban J connectivity index is 2.33. The van der Waals surface area contributed by atoms with Gasteiger partial charge in [0, 0.05) is 25.2 Å². The van der Waals surface area contributed by atoms with Crippen LogP contribution in [0.3, 0.4) is 0 Å². The highest BCUT2D eigenvalue weighted by atomic mass is 35.5. The van der Waals surface area contributed by atoms with Crippen LogP contribution in [0.2, 0.25) is 5.02 Å². The minimum atomic E-state index is -0.402. The number of halogens is 1. The van der Waals surface area contributed by atoms with Gasteiger partial charge in [-0.3, -0.25) is 13.9 Å². The van der Waals surface area contributed by atoms with Crippen molar-refractivity contribution in [2.75, 3.05) is 6.61 Å². The summed E-state index contributed by atoms with van der Waals surface area (Å²) in [6.07, 6.45) is 1.22. The van der Waals surface area contributed by atoms with Crippen molar-refractivity contribution < 1.29 is 9.67 Å². The Morgan fingerprint density at radius 1 is 1.29 bits per heavy atom. The quantitative estimate of drug-likeness (QED) is 0.590. The number of fused-ring (bicyclic) bond motifs is 1. The number of H-pyrrole nitrogens is 1. The molecule has 0 aliphatic rings. The molecule has 0 saturated heterocycles. The fraction of sp³-hybridized carbons (Fsp3) is 0.450. The molecular weight excluding hydrogens is 380 g/mol. The lowest BCUT2D eigenvalue weighted by Gasteiger charge is -2.07. The average molecular weight is 406 g/mol. The Morgan fingerprint density at radius 3 is 2.68 bits per heavy atom. The van der Waals surface area contributed by atoms with Gasteiger partial charge in [-0.1, -0.05) is 31.5 Å². The topological polar surface area (TPSA) is 83.9 Å². The number of aliphatic hydroxyl groups is 1. The molecule has 3 aromatic rings. The predicted molar refractivity (Wildman–Crippen MR) is 110 cm³/mol. The molecule has 0 atom stereocenters. The van der Waals surface area contributed by atoms with Crippen molar-refractivity contribution in [1.29, 1.82) is 0 Å². The van der Waals surface area contributed by atoms with E-state index in [0.29, 0.717) is 35.1 Å². The van der Waals surface area contributed by atoms with E-state index >= 15 is 0 Å². The second-order valence-electron chi connectivity index (χ2n) is 7.39. The Bertz CT molecular complexity index is 1110. The van der Waals surface area contributed by atoms with Crippen molar-refractivity contribution in [2.24, 2.45) is 13.0 Å². The highest BCUT2D eigenvalue weighted by molar-refractivity contribution is 6.30. The lowest BCUT2D eigenvalue weighted by Crippen LogP contribution is -2.45. The first-order valence-corrected chi connectivity index (χ1v) is 9.85. The first kappa shape index (κ1) is 20.4. The molecule has 150 valence electrons. The summed E-state index contributed by atoms with van der Waals surface area (Å²) >= 11 is 6.18. The van der Waals surface area contributed by atoms with E-state index in [2.05, 4.69) is 18.8 Å². The summed E-state index contributed by atoms with van der Waals surface area (Å²) < 4.78 is 4.59. The molecule has 2 aromatic heterocycles. The number of imidazole rings is 1. The van der Waals surface area contributed by atoms with E-state index in [1.165, 1.54) is 9.13 Å². The molecule has 2 N–H and O–H groups in total. The number of rotatable bonds is 7. The number of aromatic amines is 1. The van der Waals surface area contributed by atoms with Crippen molar-refractivity contribution in [3.63, 3.8) is 0 Å². The summed E-state index contributed by atoms with van der Waals surface area (Å²) in [5.74, 6) is 1.19. The van der Waals surface area contributed by atoms with Gasteiger partial charge < -0.3 is 5.11 Å². The Hall–Kier alpha value is -2.38. The number of benzene rings is 1. The van der Waals surface area contributed by atoms with Crippen molar-refractivity contribution in [3.8, 4) is 11.4 Å². The predicted octanol–water partition coefficient (Wildman–Crippen LogP) is 2.06. The van der Waals surface area contributed by atoms with Crippen LogP contribution in [0.5, 0.6) is 0 Å². The zero-order valence-electron chi connectivity index (χ0n) is 16.4. The van der Waals surface area contributed by atoms with Crippen molar-refractivity contribution in [1.82, 2.24) is 14.1 Å². The number of aryl methyl sites for hydroxylation is 2. The molecule has 7 nitrogen and oxygen atoms in total. The van der Waals surface area contributed by atoms with Crippen LogP contribution in [0, 0.1) is 5.92 Å². The van der Waals surface area contributed by atoms with E-state index in [1.807, 2.05) is 22.8 Å². The standard InChI is InChI=1S/C20H25ClN4O3/c1-13(2)8-10-24-16-18(22-17(24)14-6-4-7-15(21)12-14)23(3)20(28)25(19(16)27)9-5-11-26/h4,6-7,12-13,26H,5,8-11H2,1-3H3/p+1. The minimum Gasteiger partial charge on any atom is -0.396 e. The largest absolute Gasteiger partial charge is 0.396 e. The average Bonchev–Trinajstić information content (AvgIpc) is 3.04. The van der Waals surface area contributed by atoms with Crippen LogP contribution in [0.4, 0.5) is 0 Å².